The van der Waals surface area contributed by atoms with Crippen LogP contribution in [0.2, 0.25) is 0 Å². The molecular weight excluding hydrogens is 360 g/mol. The molecule has 0 aromatic heterocycles. The van der Waals surface area contributed by atoms with Gasteiger partial charge in [-0.05, 0) is 62.2 Å². The number of hydrogen-bond donors (Lipinski definition) is 0. The van der Waals surface area contributed by atoms with Gasteiger partial charge in [0.15, 0.2) is 0 Å². The van der Waals surface area contributed by atoms with Gasteiger partial charge in [-0.25, -0.2) is 0 Å². The number of ketones is 2. The second kappa shape index (κ2) is 10.6. The van der Waals surface area contributed by atoms with E-state index >= 15 is 0 Å². The molecule has 0 aromatic carbocycles. The highest BCUT2D eigenvalue weighted by Crippen LogP contribution is 2.48. The second-order valence-corrected chi connectivity index (χ2v) is 11.6. The van der Waals surface area contributed by atoms with Crippen LogP contribution in [0.3, 0.4) is 0 Å². The lowest BCUT2D eigenvalue weighted by Crippen LogP contribution is -2.43. The summed E-state index contributed by atoms with van der Waals surface area (Å²) in [6, 6.07) is 0. The van der Waals surface area contributed by atoms with E-state index in [1.807, 2.05) is 0 Å². The summed E-state index contributed by atoms with van der Waals surface area (Å²) in [5.41, 5.74) is 0. The zero-order valence-corrected chi connectivity index (χ0v) is 20.2. The Balaban J connectivity index is 2.26. The Morgan fingerprint density at radius 1 is 0.621 bits per heavy atom. The summed E-state index contributed by atoms with van der Waals surface area (Å²) in [4.78, 5) is 27.5. The minimum Gasteiger partial charge on any atom is -0.373 e. The molecule has 2 aliphatic rings. The molecule has 3 nitrogen and oxygen atoms in total. The molecule has 168 valence electrons. The molecule has 0 saturated carbocycles. The Labute approximate surface area is 179 Å². The molecule has 0 amide bonds. The number of carbonyl (C=O) groups is 2. The van der Waals surface area contributed by atoms with E-state index in [4.69, 9.17) is 4.74 Å². The van der Waals surface area contributed by atoms with Crippen molar-refractivity contribution in [2.45, 2.75) is 106 Å². The van der Waals surface area contributed by atoms with Crippen molar-refractivity contribution in [3.63, 3.8) is 0 Å². The van der Waals surface area contributed by atoms with Crippen LogP contribution in [0.1, 0.15) is 93.9 Å². The third kappa shape index (κ3) is 6.39. The number of Topliss-reactive ketones (excluding diaryl/α,β-unsaturated/α-hetero) is 2. The average Bonchev–Trinajstić information content (AvgIpc) is 3.18. The molecule has 3 heteroatoms. The molecule has 0 aliphatic carbocycles. The van der Waals surface area contributed by atoms with Gasteiger partial charge in [-0.1, -0.05) is 55.4 Å². The van der Waals surface area contributed by atoms with E-state index in [9.17, 15) is 9.59 Å². The van der Waals surface area contributed by atoms with E-state index < -0.39 is 0 Å². The van der Waals surface area contributed by atoms with Gasteiger partial charge in [-0.3, -0.25) is 9.59 Å². The molecule has 0 aromatic rings. The molecule has 2 aliphatic heterocycles. The van der Waals surface area contributed by atoms with Crippen molar-refractivity contribution in [2.24, 2.45) is 47.3 Å². The van der Waals surface area contributed by atoms with Crippen LogP contribution < -0.4 is 0 Å². The van der Waals surface area contributed by atoms with Gasteiger partial charge in [0, 0.05) is 11.8 Å². The van der Waals surface area contributed by atoms with Gasteiger partial charge < -0.3 is 4.74 Å². The Bertz CT molecular complexity index is 480. The van der Waals surface area contributed by atoms with Crippen LogP contribution in [0, 0.1) is 47.3 Å². The third-order valence-corrected chi connectivity index (χ3v) is 6.76. The maximum absolute atomic E-state index is 13.8. The molecule has 2 saturated heterocycles. The van der Waals surface area contributed by atoms with E-state index in [1.165, 1.54) is 0 Å². The zero-order chi connectivity index (χ0) is 21.9. The smallest absolute Gasteiger partial charge is 0.142 e. The number of fused-ring (bicyclic) bond motifs is 2. The molecule has 4 atom stereocenters. The highest BCUT2D eigenvalue weighted by Gasteiger charge is 2.56. The minimum atomic E-state index is -0.203. The lowest BCUT2D eigenvalue weighted by atomic mass is 9.67. The SMILES string of the molecule is CC(C)CC(CC(C)C)C(=O)[C@@H]1[C@H](C(=O)C(CC(C)C)CC(C)C)[C@@H]2CC[C@@H]1O2. The van der Waals surface area contributed by atoms with Gasteiger partial charge in [0.2, 0.25) is 0 Å². The fourth-order valence-electron chi connectivity index (χ4n) is 5.88. The fraction of sp³-hybridized carbons (Fsp3) is 0.923. The first kappa shape index (κ1) is 24.6. The molecule has 0 radical (unpaired) electrons. The van der Waals surface area contributed by atoms with Crippen molar-refractivity contribution in [1.29, 1.82) is 0 Å². The van der Waals surface area contributed by atoms with Crippen molar-refractivity contribution in [3.8, 4) is 0 Å². The molecule has 2 heterocycles. The van der Waals surface area contributed by atoms with Gasteiger partial charge in [-0.2, -0.15) is 0 Å². The molecule has 0 spiro atoms. The van der Waals surface area contributed by atoms with Crippen LogP contribution in [0.4, 0.5) is 0 Å². The van der Waals surface area contributed by atoms with Crippen LogP contribution in [-0.4, -0.2) is 23.8 Å². The van der Waals surface area contributed by atoms with Crippen LogP contribution in [-0.2, 0) is 14.3 Å². The van der Waals surface area contributed by atoms with E-state index in [2.05, 4.69) is 55.4 Å². The summed E-state index contributed by atoms with van der Waals surface area (Å²) >= 11 is 0. The highest BCUT2D eigenvalue weighted by molar-refractivity contribution is 5.93. The Morgan fingerprint density at radius 3 is 1.14 bits per heavy atom. The van der Waals surface area contributed by atoms with Crippen molar-refractivity contribution in [3.05, 3.63) is 0 Å². The van der Waals surface area contributed by atoms with Gasteiger partial charge >= 0.3 is 0 Å². The molecule has 0 N–H and O–H groups in total. The van der Waals surface area contributed by atoms with Gasteiger partial charge in [0.1, 0.15) is 11.6 Å². The summed E-state index contributed by atoms with van der Waals surface area (Å²) in [5.74, 6) is 2.33. The van der Waals surface area contributed by atoms with Gasteiger partial charge in [-0.15, -0.1) is 0 Å². The van der Waals surface area contributed by atoms with E-state index in [0.29, 0.717) is 35.2 Å². The average molecular weight is 407 g/mol. The second-order valence-electron chi connectivity index (χ2n) is 11.6. The first-order valence-corrected chi connectivity index (χ1v) is 12.2. The van der Waals surface area contributed by atoms with Gasteiger partial charge in [0.25, 0.3) is 0 Å². The zero-order valence-electron chi connectivity index (χ0n) is 20.2. The van der Waals surface area contributed by atoms with Crippen LogP contribution in [0.25, 0.3) is 0 Å². The Hall–Kier alpha value is -0.700. The largest absolute Gasteiger partial charge is 0.373 e. The lowest BCUT2D eigenvalue weighted by molar-refractivity contribution is -0.138. The monoisotopic (exact) mass is 406 g/mol. The quantitative estimate of drug-likeness (QED) is 0.380. The summed E-state index contributed by atoms with van der Waals surface area (Å²) in [5, 5.41) is 0. The molecule has 29 heavy (non-hydrogen) atoms. The first-order valence-electron chi connectivity index (χ1n) is 12.2. The maximum Gasteiger partial charge on any atom is 0.142 e. The number of ether oxygens (including phenoxy) is 1. The lowest BCUT2D eigenvalue weighted by Gasteiger charge is -2.33. The topological polar surface area (TPSA) is 43.4 Å². The summed E-state index contributed by atoms with van der Waals surface area (Å²) in [7, 11) is 0. The predicted molar refractivity (Wildman–Crippen MR) is 120 cm³/mol. The Morgan fingerprint density at radius 2 is 0.897 bits per heavy atom. The standard InChI is InChI=1S/C26H46O3/c1-15(2)11-19(12-16(3)4)25(27)23-21-9-10-22(29-21)24(23)26(28)20(13-17(5)6)14-18(7)8/h15-24H,9-14H2,1-8H3/t21-,22-,23-,24+/m0/s1. The summed E-state index contributed by atoms with van der Waals surface area (Å²) in [6.45, 7) is 17.6. The summed E-state index contributed by atoms with van der Waals surface area (Å²) in [6.07, 6.45) is 5.53. The van der Waals surface area contributed by atoms with Crippen molar-refractivity contribution in [2.75, 3.05) is 0 Å². The van der Waals surface area contributed by atoms with Crippen LogP contribution >= 0.6 is 0 Å². The molecular formula is C26H46O3. The number of rotatable bonds is 12. The third-order valence-electron chi connectivity index (χ3n) is 6.76. The molecule has 2 fully saturated rings. The van der Waals surface area contributed by atoms with Gasteiger partial charge in [0.05, 0.1) is 24.0 Å². The fourth-order valence-corrected chi connectivity index (χ4v) is 5.88. The predicted octanol–water partition coefficient (Wildman–Crippen LogP) is 6.34. The molecule has 2 bridgehead atoms. The van der Waals surface area contributed by atoms with Crippen molar-refractivity contribution < 1.29 is 14.3 Å². The summed E-state index contributed by atoms with van der Waals surface area (Å²) < 4.78 is 6.22. The minimum absolute atomic E-state index is 0.0259. The Kier molecular flexibility index (Phi) is 8.94. The van der Waals surface area contributed by atoms with Crippen LogP contribution in [0.15, 0.2) is 0 Å². The maximum atomic E-state index is 13.8. The first-order chi connectivity index (χ1) is 13.5. The molecule has 0 unspecified atom stereocenters. The normalized spacial score (nSPS) is 26.8. The van der Waals surface area contributed by atoms with Crippen molar-refractivity contribution >= 4 is 11.6 Å². The van der Waals surface area contributed by atoms with E-state index in [-0.39, 0.29) is 35.9 Å². The number of hydrogen-bond acceptors (Lipinski definition) is 3. The molecule has 2 rings (SSSR count). The highest BCUT2D eigenvalue weighted by atomic mass is 16.5. The van der Waals surface area contributed by atoms with E-state index in [1.54, 1.807) is 0 Å². The van der Waals surface area contributed by atoms with Crippen LogP contribution in [0.5, 0.6) is 0 Å². The van der Waals surface area contributed by atoms with Crippen molar-refractivity contribution in [1.82, 2.24) is 0 Å². The number of carbonyl (C=O) groups excluding carboxylic acids is 2. The van der Waals surface area contributed by atoms with E-state index in [0.717, 1.165) is 38.5 Å².